The maximum Gasteiger partial charge on any atom is 0.344 e. The molecule has 2 heterocycles. The molecule has 2 aliphatic rings. The zero-order valence-corrected chi connectivity index (χ0v) is 9.67. The third kappa shape index (κ3) is 1.76. The summed E-state index contributed by atoms with van der Waals surface area (Å²) >= 11 is 1.30. The van der Waals surface area contributed by atoms with Crippen LogP contribution in [0, 0.1) is 5.92 Å². The number of hydrogen-bond donors (Lipinski definition) is 1. The van der Waals surface area contributed by atoms with Crippen LogP contribution in [0.25, 0.3) is 0 Å². The van der Waals surface area contributed by atoms with Crippen molar-refractivity contribution in [2.24, 2.45) is 10.9 Å². The summed E-state index contributed by atoms with van der Waals surface area (Å²) in [6, 6.07) is 0. The van der Waals surface area contributed by atoms with Gasteiger partial charge in [0.1, 0.15) is 4.91 Å². The van der Waals surface area contributed by atoms with Gasteiger partial charge >= 0.3 is 5.97 Å². The van der Waals surface area contributed by atoms with Crippen LogP contribution in [0.4, 0.5) is 0 Å². The van der Waals surface area contributed by atoms with Crippen molar-refractivity contribution in [3.8, 4) is 0 Å². The molecule has 0 aromatic carbocycles. The van der Waals surface area contributed by atoms with Gasteiger partial charge in [0.15, 0.2) is 5.17 Å². The van der Waals surface area contributed by atoms with E-state index in [0.29, 0.717) is 4.91 Å². The molecule has 2 rings (SSSR count). The van der Waals surface area contributed by atoms with E-state index in [1.807, 2.05) is 13.8 Å². The first-order valence-corrected chi connectivity index (χ1v) is 5.90. The summed E-state index contributed by atoms with van der Waals surface area (Å²) in [7, 11) is 0. The Hall–Kier alpha value is -0.970. The van der Waals surface area contributed by atoms with Crippen molar-refractivity contribution in [2.45, 2.75) is 20.3 Å². The number of rotatable bonds is 2. The molecular weight excluding hydrogens is 212 g/mol. The number of aliphatic imine (C=N–C) groups is 1. The van der Waals surface area contributed by atoms with Crippen LogP contribution in [-0.2, 0) is 4.79 Å². The van der Waals surface area contributed by atoms with Gasteiger partial charge in [-0.2, -0.15) is 0 Å². The van der Waals surface area contributed by atoms with E-state index in [9.17, 15) is 4.79 Å². The van der Waals surface area contributed by atoms with Crippen LogP contribution < -0.4 is 0 Å². The van der Waals surface area contributed by atoms with Gasteiger partial charge in [0.25, 0.3) is 0 Å². The van der Waals surface area contributed by atoms with E-state index in [-0.39, 0.29) is 5.92 Å². The SMILES string of the molecule is CC(C)C1=C(C(=O)O)SC2=NCCCN21. The van der Waals surface area contributed by atoms with Gasteiger partial charge in [0.05, 0.1) is 0 Å². The Morgan fingerprint density at radius 3 is 2.93 bits per heavy atom. The number of aliphatic carboxylic acids is 1. The Bertz CT molecular complexity index is 360. The number of carbonyl (C=O) groups is 1. The molecule has 82 valence electrons. The second-order valence-electron chi connectivity index (χ2n) is 3.95. The van der Waals surface area contributed by atoms with Crippen LogP contribution in [0.3, 0.4) is 0 Å². The number of fused-ring (bicyclic) bond motifs is 1. The largest absolute Gasteiger partial charge is 0.477 e. The van der Waals surface area contributed by atoms with Crippen molar-refractivity contribution in [2.75, 3.05) is 13.1 Å². The topological polar surface area (TPSA) is 52.9 Å². The Kier molecular flexibility index (Phi) is 2.73. The van der Waals surface area contributed by atoms with Crippen LogP contribution >= 0.6 is 11.8 Å². The molecule has 0 aromatic rings. The lowest BCUT2D eigenvalue weighted by Gasteiger charge is -2.27. The molecule has 5 heteroatoms. The van der Waals surface area contributed by atoms with Gasteiger partial charge in [-0.3, -0.25) is 4.99 Å². The molecule has 2 aliphatic heterocycles. The third-order valence-corrected chi connectivity index (χ3v) is 3.60. The van der Waals surface area contributed by atoms with Gasteiger partial charge in [-0.1, -0.05) is 13.8 Å². The van der Waals surface area contributed by atoms with Crippen molar-refractivity contribution in [3.63, 3.8) is 0 Å². The van der Waals surface area contributed by atoms with Gasteiger partial charge in [0, 0.05) is 18.8 Å². The van der Waals surface area contributed by atoms with E-state index >= 15 is 0 Å². The minimum Gasteiger partial charge on any atom is -0.477 e. The van der Waals surface area contributed by atoms with Gasteiger partial charge in [-0.25, -0.2) is 4.79 Å². The number of amidine groups is 1. The fourth-order valence-corrected chi connectivity index (χ4v) is 3.06. The quantitative estimate of drug-likeness (QED) is 0.779. The summed E-state index contributed by atoms with van der Waals surface area (Å²) in [5.74, 6) is -0.602. The first-order chi connectivity index (χ1) is 7.11. The average molecular weight is 226 g/mol. The molecule has 15 heavy (non-hydrogen) atoms. The summed E-state index contributed by atoms with van der Waals surface area (Å²) in [4.78, 5) is 18.0. The van der Waals surface area contributed by atoms with E-state index in [1.54, 1.807) is 0 Å². The molecule has 0 amide bonds. The highest BCUT2D eigenvalue weighted by Gasteiger charge is 2.35. The van der Waals surface area contributed by atoms with E-state index < -0.39 is 5.97 Å². The molecule has 0 aromatic heterocycles. The van der Waals surface area contributed by atoms with Crippen molar-refractivity contribution in [1.82, 2.24) is 4.90 Å². The highest BCUT2D eigenvalue weighted by Crippen LogP contribution is 2.39. The molecule has 0 aliphatic carbocycles. The predicted molar refractivity (Wildman–Crippen MR) is 60.7 cm³/mol. The van der Waals surface area contributed by atoms with Gasteiger partial charge < -0.3 is 10.0 Å². The number of allylic oxidation sites excluding steroid dienone is 1. The Balaban J connectivity index is 2.40. The lowest BCUT2D eigenvalue weighted by molar-refractivity contribution is -0.131. The standard InChI is InChI=1S/C10H14N2O2S/c1-6(2)7-8(9(13)14)15-10-11-4-3-5-12(7)10/h6H,3-5H2,1-2H3,(H,13,14). The molecule has 0 bridgehead atoms. The normalized spacial score (nSPS) is 20.7. The summed E-state index contributed by atoms with van der Waals surface area (Å²) in [5.41, 5.74) is 0.922. The van der Waals surface area contributed by atoms with Crippen molar-refractivity contribution in [1.29, 1.82) is 0 Å². The maximum atomic E-state index is 11.1. The zero-order chi connectivity index (χ0) is 11.0. The first-order valence-electron chi connectivity index (χ1n) is 5.08. The molecule has 0 unspecified atom stereocenters. The van der Waals surface area contributed by atoms with Crippen molar-refractivity contribution >= 4 is 22.9 Å². The molecular formula is C10H14N2O2S. The van der Waals surface area contributed by atoms with Crippen molar-refractivity contribution < 1.29 is 9.90 Å². The Labute approximate surface area is 93.1 Å². The second kappa shape index (κ2) is 3.89. The molecule has 0 saturated heterocycles. The molecule has 4 nitrogen and oxygen atoms in total. The number of carboxylic acids is 1. The van der Waals surface area contributed by atoms with E-state index in [0.717, 1.165) is 30.4 Å². The molecule has 0 radical (unpaired) electrons. The molecule has 0 spiro atoms. The second-order valence-corrected chi connectivity index (χ2v) is 4.92. The number of hydrogen-bond acceptors (Lipinski definition) is 4. The van der Waals surface area contributed by atoms with Crippen LogP contribution in [0.2, 0.25) is 0 Å². The smallest absolute Gasteiger partial charge is 0.344 e. The molecule has 0 saturated carbocycles. The fourth-order valence-electron chi connectivity index (χ4n) is 1.89. The van der Waals surface area contributed by atoms with Crippen LogP contribution in [0.1, 0.15) is 20.3 Å². The van der Waals surface area contributed by atoms with E-state index in [4.69, 9.17) is 5.11 Å². The average Bonchev–Trinajstić information content (AvgIpc) is 2.56. The number of nitrogens with zero attached hydrogens (tertiary/aromatic N) is 2. The van der Waals surface area contributed by atoms with Crippen molar-refractivity contribution in [3.05, 3.63) is 10.6 Å². The number of carboxylic acid groups (broad SMARTS) is 1. The zero-order valence-electron chi connectivity index (χ0n) is 8.86. The van der Waals surface area contributed by atoms with E-state index in [1.165, 1.54) is 11.8 Å². The van der Waals surface area contributed by atoms with Crippen LogP contribution in [-0.4, -0.2) is 34.2 Å². The van der Waals surface area contributed by atoms with Gasteiger partial charge in [-0.15, -0.1) is 0 Å². The molecule has 0 fully saturated rings. The third-order valence-electron chi connectivity index (χ3n) is 2.48. The highest BCUT2D eigenvalue weighted by atomic mass is 32.2. The van der Waals surface area contributed by atoms with Gasteiger partial charge in [-0.05, 0) is 24.1 Å². The minimum absolute atomic E-state index is 0.231. The summed E-state index contributed by atoms with van der Waals surface area (Å²) in [5, 5.41) is 9.98. The lowest BCUT2D eigenvalue weighted by atomic mass is 10.1. The Morgan fingerprint density at radius 1 is 1.60 bits per heavy atom. The maximum absolute atomic E-state index is 11.1. The minimum atomic E-state index is -0.833. The first kappa shape index (κ1) is 10.5. The summed E-state index contributed by atoms with van der Waals surface area (Å²) < 4.78 is 0. The summed E-state index contributed by atoms with van der Waals surface area (Å²) in [6.45, 7) is 5.76. The van der Waals surface area contributed by atoms with E-state index in [2.05, 4.69) is 9.89 Å². The number of thioether (sulfide) groups is 1. The lowest BCUT2D eigenvalue weighted by Crippen LogP contribution is -2.31. The molecule has 1 N–H and O–H groups in total. The Morgan fingerprint density at radius 2 is 2.33 bits per heavy atom. The van der Waals surface area contributed by atoms with Crippen LogP contribution in [0.5, 0.6) is 0 Å². The van der Waals surface area contributed by atoms with Crippen LogP contribution in [0.15, 0.2) is 15.6 Å². The summed E-state index contributed by atoms with van der Waals surface area (Å²) in [6.07, 6.45) is 1.01. The predicted octanol–water partition coefficient (Wildman–Crippen LogP) is 1.75. The highest BCUT2D eigenvalue weighted by molar-refractivity contribution is 8.18. The van der Waals surface area contributed by atoms with Gasteiger partial charge in [0.2, 0.25) is 0 Å². The monoisotopic (exact) mass is 226 g/mol. The molecule has 0 atom stereocenters. The fraction of sp³-hybridized carbons (Fsp3) is 0.600.